The Hall–Kier alpha value is -3.91. The minimum Gasteiger partial charge on any atom is -0.382 e. The average molecular weight is 470 g/mol. The third kappa shape index (κ3) is 3.76. The summed E-state index contributed by atoms with van der Waals surface area (Å²) in [4.78, 5) is 18.5. The molecule has 3 heterocycles. The van der Waals surface area contributed by atoms with Crippen LogP contribution in [0.4, 0.5) is 24.7 Å². The van der Waals surface area contributed by atoms with Crippen molar-refractivity contribution in [2.75, 3.05) is 17.2 Å². The van der Waals surface area contributed by atoms with Gasteiger partial charge in [0, 0.05) is 5.56 Å². The zero-order chi connectivity index (χ0) is 24.8. The molecule has 8 nitrogen and oxygen atoms in total. The fourth-order valence-electron chi connectivity index (χ4n) is 4.00. The molecule has 1 amide bonds. The first kappa shape index (κ1) is 23.3. The van der Waals surface area contributed by atoms with Crippen molar-refractivity contribution in [1.82, 2.24) is 14.6 Å². The Kier molecular flexibility index (Phi) is 5.57. The highest BCUT2D eigenvalue weighted by molar-refractivity contribution is 6.02. The van der Waals surface area contributed by atoms with Crippen molar-refractivity contribution >= 4 is 22.9 Å². The van der Waals surface area contributed by atoms with E-state index in [0.29, 0.717) is 5.56 Å². The number of anilines is 2. The van der Waals surface area contributed by atoms with Crippen molar-refractivity contribution in [3.63, 3.8) is 0 Å². The van der Waals surface area contributed by atoms with Crippen molar-refractivity contribution in [3.05, 3.63) is 53.9 Å². The molecule has 1 atom stereocenters. The summed E-state index contributed by atoms with van der Waals surface area (Å²) in [5, 5.41) is 13.7. The summed E-state index contributed by atoms with van der Waals surface area (Å²) >= 11 is 0. The minimum atomic E-state index is -4.70. The first-order valence-electron chi connectivity index (χ1n) is 10.3. The van der Waals surface area contributed by atoms with Crippen molar-refractivity contribution < 1.29 is 22.7 Å². The molecule has 0 spiro atoms. The van der Waals surface area contributed by atoms with Gasteiger partial charge in [0.2, 0.25) is 0 Å². The van der Waals surface area contributed by atoms with E-state index in [9.17, 15) is 23.2 Å². The van der Waals surface area contributed by atoms with Crippen LogP contribution in [0.2, 0.25) is 0 Å². The standard InChI is InChI=1S/C23H21F3N6O2/c1-4-5-15-11-34-22(2,3)21(33)31(15)17-8-13(6-7-14(17)10-27)18-9-16(23(24,25)26)19-20(28)29-12-30-32(18)19/h4-9,12,15H,11H2,1-3H3,(H2,28,29,30)/b5-4+. The number of carbonyl (C=O) groups excluding carboxylic acids is 1. The van der Waals surface area contributed by atoms with Crippen molar-refractivity contribution in [2.24, 2.45) is 0 Å². The van der Waals surface area contributed by atoms with E-state index in [1.54, 1.807) is 32.9 Å². The number of allylic oxidation sites excluding steroid dienone is 1. The number of hydrogen-bond donors (Lipinski definition) is 1. The Morgan fingerprint density at radius 1 is 1.32 bits per heavy atom. The number of alkyl halides is 3. The molecule has 11 heteroatoms. The number of nitrogen functional groups attached to an aromatic ring is 1. The maximum absolute atomic E-state index is 13.7. The molecular formula is C23H21F3N6O2. The molecular weight excluding hydrogens is 449 g/mol. The number of carbonyl (C=O) groups is 1. The van der Waals surface area contributed by atoms with Gasteiger partial charge in [-0.3, -0.25) is 9.69 Å². The number of halogens is 3. The number of morpholine rings is 1. The van der Waals surface area contributed by atoms with Crippen LogP contribution in [0.3, 0.4) is 0 Å². The van der Waals surface area contributed by atoms with E-state index in [4.69, 9.17) is 10.5 Å². The van der Waals surface area contributed by atoms with Gasteiger partial charge in [0.15, 0.2) is 5.82 Å². The topological polar surface area (TPSA) is 110 Å². The smallest absolute Gasteiger partial charge is 0.382 e. The van der Waals surface area contributed by atoms with Gasteiger partial charge < -0.3 is 10.5 Å². The number of nitrogens with zero attached hydrogens (tertiary/aromatic N) is 5. The number of hydrogen-bond acceptors (Lipinski definition) is 6. The van der Waals surface area contributed by atoms with Gasteiger partial charge in [0.1, 0.15) is 23.5 Å². The van der Waals surface area contributed by atoms with Crippen LogP contribution in [0.25, 0.3) is 16.8 Å². The minimum absolute atomic E-state index is 0.0877. The number of fused-ring (bicyclic) bond motifs is 1. The largest absolute Gasteiger partial charge is 0.418 e. The Bertz CT molecular complexity index is 1350. The predicted molar refractivity (Wildman–Crippen MR) is 119 cm³/mol. The summed E-state index contributed by atoms with van der Waals surface area (Å²) in [5.74, 6) is -0.696. The van der Waals surface area contributed by atoms with Gasteiger partial charge in [0.25, 0.3) is 5.91 Å². The SMILES string of the molecule is C/C=C/C1COC(C)(C)C(=O)N1c1cc(-c2cc(C(F)(F)F)c3c(N)ncnn23)ccc1C#N. The second-order valence-corrected chi connectivity index (χ2v) is 8.28. The highest BCUT2D eigenvalue weighted by Crippen LogP contribution is 2.40. The number of ether oxygens (including phenoxy) is 1. The van der Waals surface area contributed by atoms with Crippen LogP contribution in [0.1, 0.15) is 31.9 Å². The summed E-state index contributed by atoms with van der Waals surface area (Å²) in [6.07, 6.45) is -0.104. The fourth-order valence-corrected chi connectivity index (χ4v) is 4.00. The van der Waals surface area contributed by atoms with Crippen LogP contribution in [0.5, 0.6) is 0 Å². The third-order valence-electron chi connectivity index (χ3n) is 5.66. The lowest BCUT2D eigenvalue weighted by Crippen LogP contribution is -2.58. The molecule has 34 heavy (non-hydrogen) atoms. The molecule has 4 rings (SSSR count). The first-order valence-corrected chi connectivity index (χ1v) is 10.3. The lowest BCUT2D eigenvalue weighted by atomic mass is 9.98. The number of nitriles is 1. The molecule has 2 aromatic heterocycles. The van der Waals surface area contributed by atoms with Crippen LogP contribution in [0, 0.1) is 11.3 Å². The molecule has 1 aromatic carbocycles. The zero-order valence-corrected chi connectivity index (χ0v) is 18.6. The summed E-state index contributed by atoms with van der Waals surface area (Å²) in [5.41, 5.74) is 4.10. The molecule has 1 fully saturated rings. The van der Waals surface area contributed by atoms with Gasteiger partial charge >= 0.3 is 6.18 Å². The van der Waals surface area contributed by atoms with Gasteiger partial charge in [-0.15, -0.1) is 0 Å². The number of benzene rings is 1. The second-order valence-electron chi connectivity index (χ2n) is 8.28. The molecule has 3 aromatic rings. The monoisotopic (exact) mass is 470 g/mol. The maximum atomic E-state index is 13.7. The number of amides is 1. The molecule has 0 bridgehead atoms. The molecule has 0 aliphatic carbocycles. The summed E-state index contributed by atoms with van der Waals surface area (Å²) < 4.78 is 48.0. The van der Waals surface area contributed by atoms with E-state index in [1.165, 1.54) is 23.1 Å². The number of aromatic nitrogens is 3. The molecule has 1 unspecified atom stereocenters. The molecule has 1 aliphatic heterocycles. The Morgan fingerprint density at radius 2 is 2.06 bits per heavy atom. The van der Waals surface area contributed by atoms with E-state index in [2.05, 4.69) is 16.2 Å². The van der Waals surface area contributed by atoms with Crippen molar-refractivity contribution in [1.29, 1.82) is 5.26 Å². The van der Waals surface area contributed by atoms with Crippen molar-refractivity contribution in [3.8, 4) is 17.3 Å². The van der Waals surface area contributed by atoms with E-state index in [-0.39, 0.29) is 40.8 Å². The van der Waals surface area contributed by atoms with Gasteiger partial charge in [-0.25, -0.2) is 9.50 Å². The average Bonchev–Trinajstić information content (AvgIpc) is 3.18. The normalized spacial score (nSPS) is 18.6. The quantitative estimate of drug-likeness (QED) is 0.581. The molecule has 2 N–H and O–H groups in total. The zero-order valence-electron chi connectivity index (χ0n) is 18.6. The van der Waals surface area contributed by atoms with Crippen LogP contribution in [-0.4, -0.2) is 38.8 Å². The highest BCUT2D eigenvalue weighted by atomic mass is 19.4. The maximum Gasteiger partial charge on any atom is 0.418 e. The van der Waals surface area contributed by atoms with Gasteiger partial charge in [-0.05, 0) is 39.0 Å². The molecule has 0 radical (unpaired) electrons. The molecule has 1 saturated heterocycles. The van der Waals surface area contributed by atoms with Gasteiger partial charge in [-0.1, -0.05) is 18.2 Å². The highest BCUT2D eigenvalue weighted by Gasteiger charge is 2.43. The van der Waals surface area contributed by atoms with E-state index < -0.39 is 23.4 Å². The van der Waals surface area contributed by atoms with Crippen LogP contribution >= 0.6 is 0 Å². The van der Waals surface area contributed by atoms with E-state index in [0.717, 1.165) is 16.9 Å². The predicted octanol–water partition coefficient (Wildman–Crippen LogP) is 3.96. The second kappa shape index (κ2) is 8.14. The summed E-state index contributed by atoms with van der Waals surface area (Å²) in [6, 6.07) is 6.97. The van der Waals surface area contributed by atoms with Crippen LogP contribution in [-0.2, 0) is 15.7 Å². The molecule has 1 aliphatic rings. The van der Waals surface area contributed by atoms with E-state index in [1.807, 2.05) is 0 Å². The third-order valence-corrected chi connectivity index (χ3v) is 5.66. The lowest BCUT2D eigenvalue weighted by Gasteiger charge is -2.42. The van der Waals surface area contributed by atoms with Gasteiger partial charge in [0.05, 0.1) is 35.2 Å². The lowest BCUT2D eigenvalue weighted by molar-refractivity contribution is -0.146. The fraction of sp³-hybridized carbons (Fsp3) is 0.304. The van der Waals surface area contributed by atoms with Crippen LogP contribution in [0.15, 0.2) is 42.7 Å². The Balaban J connectivity index is 1.96. The molecule has 0 saturated carbocycles. The van der Waals surface area contributed by atoms with Crippen LogP contribution < -0.4 is 10.6 Å². The van der Waals surface area contributed by atoms with Gasteiger partial charge in [-0.2, -0.15) is 23.5 Å². The number of nitrogens with two attached hydrogens (primary N) is 1. The Labute approximate surface area is 193 Å². The Morgan fingerprint density at radius 3 is 2.71 bits per heavy atom. The summed E-state index contributed by atoms with van der Waals surface area (Å²) in [6.45, 7) is 5.23. The first-order chi connectivity index (χ1) is 16.0. The summed E-state index contributed by atoms with van der Waals surface area (Å²) in [7, 11) is 0. The number of rotatable bonds is 3. The molecule has 176 valence electrons. The van der Waals surface area contributed by atoms with Crippen molar-refractivity contribution in [2.45, 2.75) is 38.6 Å². The van der Waals surface area contributed by atoms with E-state index >= 15 is 0 Å².